The van der Waals surface area contributed by atoms with Crippen molar-refractivity contribution in [3.05, 3.63) is 18.6 Å². The first-order valence-electron chi connectivity index (χ1n) is 3.92. The van der Waals surface area contributed by atoms with Crippen LogP contribution in [0.5, 0.6) is 0 Å². The van der Waals surface area contributed by atoms with Crippen LogP contribution in [-0.2, 0) is 9.47 Å². The molecule has 0 bridgehead atoms. The Kier molecular flexibility index (Phi) is 6.90. The lowest BCUT2D eigenvalue weighted by molar-refractivity contribution is -0.0931. The van der Waals surface area contributed by atoms with Crippen molar-refractivity contribution in [3.8, 4) is 0 Å². The van der Waals surface area contributed by atoms with Crippen molar-refractivity contribution in [2.45, 2.75) is 33.0 Å². The molecule has 0 N–H and O–H groups in total. The van der Waals surface area contributed by atoms with Gasteiger partial charge in [0.25, 0.3) is 0 Å². The molecule has 0 saturated heterocycles. The van der Waals surface area contributed by atoms with Crippen molar-refractivity contribution in [2.75, 3.05) is 6.61 Å². The van der Waals surface area contributed by atoms with Gasteiger partial charge in [-0.05, 0) is 13.3 Å². The van der Waals surface area contributed by atoms with E-state index in [0.717, 1.165) is 19.4 Å². The zero-order valence-electron chi connectivity index (χ0n) is 7.30. The lowest BCUT2D eigenvalue weighted by atomic mass is 10.4. The van der Waals surface area contributed by atoms with Gasteiger partial charge in [0.05, 0.1) is 6.61 Å². The molecule has 0 aromatic rings. The first-order chi connectivity index (χ1) is 5.31. The molecule has 2 nitrogen and oxygen atoms in total. The largest absolute Gasteiger partial charge is 0.465 e. The molecule has 11 heavy (non-hydrogen) atoms. The van der Waals surface area contributed by atoms with Crippen LogP contribution in [0.25, 0.3) is 0 Å². The highest BCUT2D eigenvalue weighted by atomic mass is 16.7. The van der Waals surface area contributed by atoms with E-state index < -0.39 is 0 Å². The smallest absolute Gasteiger partial charge is 0.197 e. The highest BCUT2D eigenvalue weighted by Crippen LogP contribution is 1.96. The number of hydrogen-bond acceptors (Lipinski definition) is 2. The molecule has 0 amide bonds. The molecule has 1 atom stereocenters. The van der Waals surface area contributed by atoms with E-state index >= 15 is 0 Å². The lowest BCUT2D eigenvalue weighted by Crippen LogP contribution is -2.10. The Balaban J connectivity index is 3.21. The molecular formula is C9H16O2. The van der Waals surface area contributed by atoms with Gasteiger partial charge in [-0.15, -0.1) is 0 Å². The molecule has 0 aromatic heterocycles. The van der Waals surface area contributed by atoms with Gasteiger partial charge in [-0.3, -0.25) is 0 Å². The van der Waals surface area contributed by atoms with Crippen molar-refractivity contribution in [1.29, 1.82) is 0 Å². The summed E-state index contributed by atoms with van der Waals surface area (Å²) in [5.74, 6) is 0. The summed E-state index contributed by atoms with van der Waals surface area (Å²) < 4.78 is 10.3. The second kappa shape index (κ2) is 7.39. The minimum atomic E-state index is -0.184. The number of hydrogen-bond donors (Lipinski definition) is 0. The fraction of sp³-hybridized carbons (Fsp3) is 0.667. The summed E-state index contributed by atoms with van der Waals surface area (Å²) in [6.45, 7) is 8.09. The van der Waals surface area contributed by atoms with E-state index in [4.69, 9.17) is 9.47 Å². The molecule has 0 heterocycles. The van der Waals surface area contributed by atoms with Crippen LogP contribution < -0.4 is 0 Å². The summed E-state index contributed by atoms with van der Waals surface area (Å²) in [6, 6.07) is 0. The van der Waals surface area contributed by atoms with Gasteiger partial charge in [0.15, 0.2) is 6.29 Å². The Bertz CT molecular complexity index is 126. The predicted molar refractivity (Wildman–Crippen MR) is 45.1 cm³/mol. The van der Waals surface area contributed by atoms with Crippen molar-refractivity contribution >= 4 is 0 Å². The normalized spacial score (nSPS) is 11.8. The highest BCUT2D eigenvalue weighted by molar-refractivity contribution is 4.64. The first-order valence-corrected chi connectivity index (χ1v) is 3.92. The summed E-state index contributed by atoms with van der Waals surface area (Å²) >= 11 is 0. The Hall–Kier alpha value is -0.720. The molecule has 0 rings (SSSR count). The third-order valence-corrected chi connectivity index (χ3v) is 1.19. The van der Waals surface area contributed by atoms with E-state index in [1.54, 1.807) is 0 Å². The van der Waals surface area contributed by atoms with Crippen molar-refractivity contribution in [2.24, 2.45) is 0 Å². The average molecular weight is 156 g/mol. The van der Waals surface area contributed by atoms with Crippen LogP contribution >= 0.6 is 0 Å². The van der Waals surface area contributed by atoms with Gasteiger partial charge < -0.3 is 9.47 Å². The second-order valence-electron chi connectivity index (χ2n) is 2.25. The van der Waals surface area contributed by atoms with Crippen LogP contribution in [0.15, 0.2) is 18.6 Å². The highest BCUT2D eigenvalue weighted by Gasteiger charge is 1.97. The maximum absolute atomic E-state index is 5.26. The third kappa shape index (κ3) is 7.17. The van der Waals surface area contributed by atoms with E-state index in [1.165, 1.54) is 6.26 Å². The molecule has 0 fully saturated rings. The van der Waals surface area contributed by atoms with Crippen molar-refractivity contribution in [3.63, 3.8) is 0 Å². The molecule has 0 radical (unpaired) electrons. The van der Waals surface area contributed by atoms with Crippen LogP contribution in [-0.4, -0.2) is 12.9 Å². The topological polar surface area (TPSA) is 18.5 Å². The van der Waals surface area contributed by atoms with Crippen LogP contribution in [0.4, 0.5) is 0 Å². The summed E-state index contributed by atoms with van der Waals surface area (Å²) in [6.07, 6.45) is 3.45. The fourth-order valence-corrected chi connectivity index (χ4v) is 0.577. The molecule has 1 unspecified atom stereocenters. The van der Waals surface area contributed by atoms with Gasteiger partial charge in [-0.1, -0.05) is 25.7 Å². The standard InChI is InChI=1S/C9H16O2/c1-4-6-8-11-9(3)10-7-5-2/h7,9H,2,4,6,8H2,1,3H3. The van der Waals surface area contributed by atoms with Crippen LogP contribution in [0, 0.1) is 0 Å². The van der Waals surface area contributed by atoms with Gasteiger partial charge in [0.1, 0.15) is 6.26 Å². The van der Waals surface area contributed by atoms with E-state index in [1.807, 2.05) is 6.92 Å². The molecular weight excluding hydrogens is 140 g/mol. The van der Waals surface area contributed by atoms with E-state index in [2.05, 4.69) is 19.2 Å². The van der Waals surface area contributed by atoms with E-state index in [9.17, 15) is 0 Å². The zero-order chi connectivity index (χ0) is 8.53. The number of rotatable bonds is 6. The van der Waals surface area contributed by atoms with Gasteiger partial charge in [-0.2, -0.15) is 0 Å². The Labute approximate surface area is 68.5 Å². The Morgan fingerprint density at radius 3 is 2.91 bits per heavy atom. The van der Waals surface area contributed by atoms with E-state index in [-0.39, 0.29) is 6.29 Å². The van der Waals surface area contributed by atoms with Crippen molar-refractivity contribution in [1.82, 2.24) is 0 Å². The third-order valence-electron chi connectivity index (χ3n) is 1.19. The summed E-state index contributed by atoms with van der Waals surface area (Å²) in [7, 11) is 0. The molecule has 0 aliphatic carbocycles. The average Bonchev–Trinajstić information content (AvgIpc) is 2.01. The molecule has 0 aromatic carbocycles. The van der Waals surface area contributed by atoms with Gasteiger partial charge in [-0.25, -0.2) is 0 Å². The van der Waals surface area contributed by atoms with Gasteiger partial charge in [0.2, 0.25) is 0 Å². The van der Waals surface area contributed by atoms with Crippen LogP contribution in [0.1, 0.15) is 26.7 Å². The second-order valence-corrected chi connectivity index (χ2v) is 2.25. The summed E-state index contributed by atoms with van der Waals surface area (Å²) in [5, 5.41) is 0. The van der Waals surface area contributed by atoms with Crippen molar-refractivity contribution < 1.29 is 9.47 Å². The molecule has 0 aliphatic rings. The SMILES string of the molecule is C=C=COC(C)OCCCC. The summed E-state index contributed by atoms with van der Waals surface area (Å²) in [5.41, 5.74) is 2.51. The molecule has 0 spiro atoms. The number of unbranched alkanes of at least 4 members (excludes halogenated alkanes) is 1. The number of ether oxygens (including phenoxy) is 2. The minimum absolute atomic E-state index is 0.184. The van der Waals surface area contributed by atoms with Gasteiger partial charge >= 0.3 is 0 Å². The lowest BCUT2D eigenvalue weighted by Gasteiger charge is -2.10. The fourth-order valence-electron chi connectivity index (χ4n) is 0.577. The predicted octanol–water partition coefficient (Wildman–Crippen LogP) is 2.46. The maximum atomic E-state index is 5.26. The molecule has 0 saturated carbocycles. The Morgan fingerprint density at radius 2 is 2.36 bits per heavy atom. The maximum Gasteiger partial charge on any atom is 0.197 e. The van der Waals surface area contributed by atoms with E-state index in [0.29, 0.717) is 0 Å². The quantitative estimate of drug-likeness (QED) is 0.254. The minimum Gasteiger partial charge on any atom is -0.465 e. The van der Waals surface area contributed by atoms with Gasteiger partial charge in [0, 0.05) is 0 Å². The first kappa shape index (κ1) is 10.3. The zero-order valence-corrected chi connectivity index (χ0v) is 7.30. The summed E-state index contributed by atoms with van der Waals surface area (Å²) in [4.78, 5) is 0. The van der Waals surface area contributed by atoms with Crippen LogP contribution in [0.2, 0.25) is 0 Å². The molecule has 2 heteroatoms. The monoisotopic (exact) mass is 156 g/mol. The molecule has 64 valence electrons. The molecule has 0 aliphatic heterocycles. The van der Waals surface area contributed by atoms with Crippen LogP contribution in [0.3, 0.4) is 0 Å². The Morgan fingerprint density at radius 1 is 1.64 bits per heavy atom.